The zero-order chi connectivity index (χ0) is 15.4. The van der Waals surface area contributed by atoms with Crippen molar-refractivity contribution >= 4 is 31.9 Å². The molecule has 21 heavy (non-hydrogen) atoms. The Labute approximate surface area is 142 Å². The van der Waals surface area contributed by atoms with Crippen molar-refractivity contribution in [3.63, 3.8) is 0 Å². The Hall–Kier alpha value is -1.00. The van der Waals surface area contributed by atoms with Crippen molar-refractivity contribution < 1.29 is 9.47 Å². The summed E-state index contributed by atoms with van der Waals surface area (Å²) < 4.78 is 12.3. The maximum atomic E-state index is 5.95. The normalized spacial score (nSPS) is 10.5. The van der Waals surface area contributed by atoms with Gasteiger partial charge in [0.1, 0.15) is 6.61 Å². The fourth-order valence-electron chi connectivity index (χ4n) is 2.04. The topological polar surface area (TPSA) is 18.5 Å². The first kappa shape index (κ1) is 16.4. The lowest BCUT2D eigenvalue weighted by Gasteiger charge is -2.14. The Kier molecular flexibility index (Phi) is 5.71. The first-order chi connectivity index (χ1) is 10.0. The molecule has 0 aliphatic rings. The number of hydrogen-bond acceptors (Lipinski definition) is 2. The molecule has 0 unspecified atom stereocenters. The second-order valence-electron chi connectivity index (χ2n) is 4.95. The number of alkyl halides is 1. The molecule has 4 heteroatoms. The number of halogens is 2. The molecule has 0 spiro atoms. The van der Waals surface area contributed by atoms with Gasteiger partial charge in [-0.05, 0) is 64.2 Å². The van der Waals surface area contributed by atoms with E-state index in [9.17, 15) is 0 Å². The van der Waals surface area contributed by atoms with E-state index in [1.54, 1.807) is 7.11 Å². The zero-order valence-electron chi connectivity index (χ0n) is 12.4. The SMILES string of the molecule is COc1cc(CBr)cc(Br)c1OCc1ccc(C)c(C)c1. The molecule has 0 heterocycles. The van der Waals surface area contributed by atoms with E-state index in [0.29, 0.717) is 6.61 Å². The molecule has 0 aliphatic heterocycles. The maximum Gasteiger partial charge on any atom is 0.175 e. The summed E-state index contributed by atoms with van der Waals surface area (Å²) in [4.78, 5) is 0. The average Bonchev–Trinajstić information content (AvgIpc) is 2.48. The van der Waals surface area contributed by atoms with E-state index in [1.807, 2.05) is 12.1 Å². The van der Waals surface area contributed by atoms with Gasteiger partial charge in [0.15, 0.2) is 11.5 Å². The van der Waals surface area contributed by atoms with Crippen LogP contribution < -0.4 is 9.47 Å². The third-order valence-corrected chi connectivity index (χ3v) is 4.63. The summed E-state index contributed by atoms with van der Waals surface area (Å²) in [7, 11) is 1.66. The zero-order valence-corrected chi connectivity index (χ0v) is 15.5. The van der Waals surface area contributed by atoms with Gasteiger partial charge in [0.05, 0.1) is 11.6 Å². The second-order valence-corrected chi connectivity index (χ2v) is 6.37. The van der Waals surface area contributed by atoms with Gasteiger partial charge in [0.2, 0.25) is 0 Å². The van der Waals surface area contributed by atoms with Crippen LogP contribution in [-0.4, -0.2) is 7.11 Å². The fourth-order valence-corrected chi connectivity index (χ4v) is 2.97. The lowest BCUT2D eigenvalue weighted by Crippen LogP contribution is -2.00. The van der Waals surface area contributed by atoms with E-state index >= 15 is 0 Å². The third kappa shape index (κ3) is 4.01. The van der Waals surface area contributed by atoms with E-state index in [2.05, 4.69) is 63.9 Å². The lowest BCUT2D eigenvalue weighted by atomic mass is 10.1. The molecule has 0 fully saturated rings. The number of benzene rings is 2. The van der Waals surface area contributed by atoms with Crippen molar-refractivity contribution in [2.45, 2.75) is 25.8 Å². The van der Waals surface area contributed by atoms with Gasteiger partial charge < -0.3 is 9.47 Å². The molecule has 0 aliphatic carbocycles. The lowest BCUT2D eigenvalue weighted by molar-refractivity contribution is 0.282. The van der Waals surface area contributed by atoms with Gasteiger partial charge in [-0.3, -0.25) is 0 Å². The first-order valence-electron chi connectivity index (χ1n) is 6.66. The molecule has 0 radical (unpaired) electrons. The minimum Gasteiger partial charge on any atom is -0.493 e. The molecule has 0 atom stereocenters. The van der Waals surface area contributed by atoms with Crippen molar-refractivity contribution in [1.29, 1.82) is 0 Å². The quantitative estimate of drug-likeness (QED) is 0.598. The highest BCUT2D eigenvalue weighted by Gasteiger charge is 2.11. The smallest absolute Gasteiger partial charge is 0.175 e. The third-order valence-electron chi connectivity index (χ3n) is 3.40. The van der Waals surface area contributed by atoms with Gasteiger partial charge in [0, 0.05) is 5.33 Å². The minimum atomic E-state index is 0.518. The van der Waals surface area contributed by atoms with E-state index in [1.165, 1.54) is 11.1 Å². The van der Waals surface area contributed by atoms with Gasteiger partial charge in [-0.15, -0.1) is 0 Å². The highest BCUT2D eigenvalue weighted by Crippen LogP contribution is 2.37. The number of rotatable bonds is 5. The Balaban J connectivity index is 2.21. The van der Waals surface area contributed by atoms with Crippen LogP contribution in [0.2, 0.25) is 0 Å². The molecule has 0 bridgehead atoms. The van der Waals surface area contributed by atoms with Gasteiger partial charge in [-0.25, -0.2) is 0 Å². The van der Waals surface area contributed by atoms with Crippen molar-refractivity contribution in [3.8, 4) is 11.5 Å². The summed E-state index contributed by atoms with van der Waals surface area (Å²) in [6.07, 6.45) is 0. The van der Waals surface area contributed by atoms with Crippen LogP contribution in [0.1, 0.15) is 22.3 Å². The molecule has 2 aromatic rings. The summed E-state index contributed by atoms with van der Waals surface area (Å²) in [5.41, 5.74) is 4.85. The van der Waals surface area contributed by atoms with E-state index in [0.717, 1.165) is 32.4 Å². The molecule has 0 saturated carbocycles. The molecule has 2 nitrogen and oxygen atoms in total. The van der Waals surface area contributed by atoms with Crippen molar-refractivity contribution in [2.75, 3.05) is 7.11 Å². The van der Waals surface area contributed by atoms with Crippen LogP contribution in [0.15, 0.2) is 34.8 Å². The average molecular weight is 414 g/mol. The molecule has 112 valence electrons. The summed E-state index contributed by atoms with van der Waals surface area (Å²) in [6.45, 7) is 4.74. The molecule has 0 amide bonds. The van der Waals surface area contributed by atoms with Crippen LogP contribution in [0, 0.1) is 13.8 Å². The second kappa shape index (κ2) is 7.32. The van der Waals surface area contributed by atoms with Gasteiger partial charge in [0.25, 0.3) is 0 Å². The van der Waals surface area contributed by atoms with Gasteiger partial charge >= 0.3 is 0 Å². The Morgan fingerprint density at radius 1 is 1.00 bits per heavy atom. The Morgan fingerprint density at radius 3 is 2.38 bits per heavy atom. The summed E-state index contributed by atoms with van der Waals surface area (Å²) in [6, 6.07) is 10.4. The van der Waals surface area contributed by atoms with E-state index < -0.39 is 0 Å². The Morgan fingerprint density at radius 2 is 1.76 bits per heavy atom. The number of methoxy groups -OCH3 is 1. The number of aryl methyl sites for hydroxylation is 2. The predicted molar refractivity (Wildman–Crippen MR) is 93.6 cm³/mol. The maximum absolute atomic E-state index is 5.95. The molecule has 2 aromatic carbocycles. The Bertz CT molecular complexity index is 639. The molecular formula is C17H18Br2O2. The number of ether oxygens (including phenoxy) is 2. The largest absolute Gasteiger partial charge is 0.493 e. The highest BCUT2D eigenvalue weighted by atomic mass is 79.9. The van der Waals surface area contributed by atoms with Crippen molar-refractivity contribution in [1.82, 2.24) is 0 Å². The van der Waals surface area contributed by atoms with Crippen molar-refractivity contribution in [3.05, 3.63) is 57.1 Å². The van der Waals surface area contributed by atoms with Crippen LogP contribution in [-0.2, 0) is 11.9 Å². The van der Waals surface area contributed by atoms with Gasteiger partial charge in [-0.2, -0.15) is 0 Å². The monoisotopic (exact) mass is 412 g/mol. The van der Waals surface area contributed by atoms with Crippen molar-refractivity contribution in [2.24, 2.45) is 0 Å². The minimum absolute atomic E-state index is 0.518. The van der Waals surface area contributed by atoms with Crippen LogP contribution in [0.4, 0.5) is 0 Å². The van der Waals surface area contributed by atoms with Gasteiger partial charge in [-0.1, -0.05) is 34.1 Å². The molecule has 0 saturated heterocycles. The van der Waals surface area contributed by atoms with Crippen LogP contribution >= 0.6 is 31.9 Å². The van der Waals surface area contributed by atoms with Crippen LogP contribution in [0.3, 0.4) is 0 Å². The fraction of sp³-hybridized carbons (Fsp3) is 0.294. The summed E-state index contributed by atoms with van der Waals surface area (Å²) >= 11 is 7.01. The van der Waals surface area contributed by atoms with E-state index in [4.69, 9.17) is 9.47 Å². The molecular weight excluding hydrogens is 396 g/mol. The first-order valence-corrected chi connectivity index (χ1v) is 8.58. The van der Waals surface area contributed by atoms with Crippen LogP contribution in [0.25, 0.3) is 0 Å². The molecule has 0 N–H and O–H groups in total. The number of hydrogen-bond donors (Lipinski definition) is 0. The molecule has 0 aromatic heterocycles. The summed E-state index contributed by atoms with van der Waals surface area (Å²) in [5, 5.41) is 0.777. The highest BCUT2D eigenvalue weighted by molar-refractivity contribution is 9.10. The van der Waals surface area contributed by atoms with Crippen LogP contribution in [0.5, 0.6) is 11.5 Å². The summed E-state index contributed by atoms with van der Waals surface area (Å²) in [5.74, 6) is 1.48. The predicted octanol–water partition coefficient (Wildman–Crippen LogP) is 5.55. The molecule has 2 rings (SSSR count). The van der Waals surface area contributed by atoms with E-state index in [-0.39, 0.29) is 0 Å². The standard InChI is InChI=1S/C17H18Br2O2/c1-11-4-5-13(6-12(11)2)10-21-17-15(19)7-14(9-18)8-16(17)20-3/h4-8H,9-10H2,1-3H3.